The number of rotatable bonds is 4. The third-order valence-electron chi connectivity index (χ3n) is 5.55. The molecule has 0 atom stereocenters. The lowest BCUT2D eigenvalue weighted by atomic mass is 9.72. The molecule has 0 heterocycles. The van der Waals surface area contributed by atoms with Crippen LogP contribution >= 0.6 is 0 Å². The van der Waals surface area contributed by atoms with E-state index in [-0.39, 0.29) is 6.04 Å². The topological polar surface area (TPSA) is 29.4 Å². The van der Waals surface area contributed by atoms with Crippen LogP contribution in [0.5, 0.6) is 0 Å². The number of hydrogen-bond acceptors (Lipinski definition) is 2. The van der Waals surface area contributed by atoms with Crippen molar-refractivity contribution in [1.82, 2.24) is 0 Å². The minimum absolute atomic E-state index is 0.283. The van der Waals surface area contributed by atoms with Gasteiger partial charge in [-0.3, -0.25) is 0 Å². The third kappa shape index (κ3) is 4.45. The van der Waals surface area contributed by atoms with Gasteiger partial charge >= 0.3 is 0 Å². The van der Waals surface area contributed by atoms with E-state index in [9.17, 15) is 4.79 Å². The Morgan fingerprint density at radius 1 is 0.947 bits per heavy atom. The lowest BCUT2D eigenvalue weighted by Crippen LogP contribution is -2.23. The van der Waals surface area contributed by atoms with Crippen molar-refractivity contribution in [1.29, 1.82) is 0 Å². The fourth-order valence-corrected chi connectivity index (χ4v) is 4.15. The fourth-order valence-electron chi connectivity index (χ4n) is 4.15. The van der Waals surface area contributed by atoms with E-state index in [0.29, 0.717) is 0 Å². The number of nitrogens with zero attached hydrogens (tertiary/aromatic N) is 1. The number of aliphatic imine (C=N–C) groups is 1. The Bertz CT molecular complexity index is 303. The zero-order valence-corrected chi connectivity index (χ0v) is 12.6. The Morgan fingerprint density at radius 3 is 1.95 bits per heavy atom. The Labute approximate surface area is 118 Å². The summed E-state index contributed by atoms with van der Waals surface area (Å²) < 4.78 is 0. The Hall–Kier alpha value is -0.620. The number of isocyanates is 1. The first-order chi connectivity index (χ1) is 9.19. The zero-order chi connectivity index (χ0) is 13.7. The zero-order valence-electron chi connectivity index (χ0n) is 12.6. The van der Waals surface area contributed by atoms with E-state index in [2.05, 4.69) is 18.8 Å². The van der Waals surface area contributed by atoms with Crippen molar-refractivity contribution in [2.45, 2.75) is 77.7 Å². The Morgan fingerprint density at radius 2 is 1.47 bits per heavy atom. The van der Waals surface area contributed by atoms with Gasteiger partial charge in [-0.05, 0) is 68.6 Å². The predicted octanol–water partition coefficient (Wildman–Crippen LogP) is 4.73. The lowest BCUT2D eigenvalue weighted by Gasteiger charge is -2.34. The molecule has 0 aliphatic heterocycles. The van der Waals surface area contributed by atoms with Crippen LogP contribution < -0.4 is 0 Å². The SMILES string of the molecule is CC(C)C1CCC(CC2CCC(N=C=O)CC2)CC1. The third-order valence-corrected chi connectivity index (χ3v) is 5.55. The van der Waals surface area contributed by atoms with Crippen LogP contribution in [0.3, 0.4) is 0 Å². The first-order valence-electron chi connectivity index (χ1n) is 8.26. The molecule has 0 aromatic heterocycles. The van der Waals surface area contributed by atoms with E-state index in [1.165, 1.54) is 44.9 Å². The highest BCUT2D eigenvalue weighted by Crippen LogP contribution is 2.39. The van der Waals surface area contributed by atoms with Gasteiger partial charge in [0, 0.05) is 0 Å². The van der Waals surface area contributed by atoms with Crippen LogP contribution in [0, 0.1) is 23.7 Å². The van der Waals surface area contributed by atoms with Gasteiger partial charge in [0.2, 0.25) is 6.08 Å². The molecule has 2 aliphatic rings. The molecule has 0 unspecified atom stereocenters. The molecule has 0 N–H and O–H groups in total. The summed E-state index contributed by atoms with van der Waals surface area (Å²) in [6.45, 7) is 4.75. The van der Waals surface area contributed by atoms with E-state index in [4.69, 9.17) is 0 Å². The highest BCUT2D eigenvalue weighted by molar-refractivity contribution is 5.33. The maximum Gasteiger partial charge on any atom is 0.235 e. The summed E-state index contributed by atoms with van der Waals surface area (Å²) >= 11 is 0. The van der Waals surface area contributed by atoms with Crippen molar-refractivity contribution >= 4 is 6.08 Å². The molecule has 2 fully saturated rings. The molecule has 0 bridgehead atoms. The van der Waals surface area contributed by atoms with Crippen molar-refractivity contribution in [3.05, 3.63) is 0 Å². The van der Waals surface area contributed by atoms with Gasteiger partial charge in [0.05, 0.1) is 6.04 Å². The maximum atomic E-state index is 10.3. The molecule has 0 amide bonds. The summed E-state index contributed by atoms with van der Waals surface area (Å²) in [4.78, 5) is 14.2. The smallest absolute Gasteiger partial charge is 0.211 e. The van der Waals surface area contributed by atoms with Gasteiger partial charge in [-0.25, -0.2) is 9.79 Å². The predicted molar refractivity (Wildman–Crippen MR) is 78.8 cm³/mol. The summed E-state index contributed by atoms with van der Waals surface area (Å²) in [7, 11) is 0. The molecule has 0 spiro atoms. The molecule has 2 aliphatic carbocycles. The minimum atomic E-state index is 0.283. The molecule has 0 radical (unpaired) electrons. The van der Waals surface area contributed by atoms with Crippen LogP contribution in [0.1, 0.15) is 71.6 Å². The monoisotopic (exact) mass is 263 g/mol. The average Bonchev–Trinajstić information content (AvgIpc) is 2.42. The van der Waals surface area contributed by atoms with Crippen LogP contribution in [-0.2, 0) is 4.79 Å². The van der Waals surface area contributed by atoms with Gasteiger partial charge in [0.25, 0.3) is 0 Å². The second-order valence-electron chi connectivity index (χ2n) is 7.16. The molecule has 2 rings (SSSR count). The summed E-state index contributed by atoms with van der Waals surface area (Å²) in [6.07, 6.45) is 13.7. The number of hydrogen-bond donors (Lipinski definition) is 0. The van der Waals surface area contributed by atoms with Crippen LogP contribution in [0.2, 0.25) is 0 Å². The molecule has 2 nitrogen and oxygen atoms in total. The summed E-state index contributed by atoms with van der Waals surface area (Å²) in [5.74, 6) is 3.73. The quantitative estimate of drug-likeness (QED) is 0.532. The van der Waals surface area contributed by atoms with E-state index >= 15 is 0 Å². The highest BCUT2D eigenvalue weighted by Gasteiger charge is 2.27. The number of carbonyl (C=O) groups excluding carboxylic acids is 1. The molecule has 108 valence electrons. The standard InChI is InChI=1S/C17H29NO/c1-13(2)16-7-3-14(4-8-16)11-15-5-9-17(10-6-15)18-12-19/h13-17H,3-11H2,1-2H3. The van der Waals surface area contributed by atoms with Gasteiger partial charge in [-0.15, -0.1) is 0 Å². The summed E-state index contributed by atoms with van der Waals surface area (Å²) in [5.41, 5.74) is 0. The van der Waals surface area contributed by atoms with Crippen LogP contribution in [0.4, 0.5) is 0 Å². The van der Waals surface area contributed by atoms with Crippen LogP contribution in [-0.4, -0.2) is 12.1 Å². The first-order valence-corrected chi connectivity index (χ1v) is 8.26. The van der Waals surface area contributed by atoms with E-state index < -0.39 is 0 Å². The van der Waals surface area contributed by atoms with Crippen molar-refractivity contribution in [3.63, 3.8) is 0 Å². The minimum Gasteiger partial charge on any atom is -0.211 e. The van der Waals surface area contributed by atoms with E-state index in [1.54, 1.807) is 6.08 Å². The maximum absolute atomic E-state index is 10.3. The normalized spacial score (nSPS) is 35.9. The molecule has 2 saturated carbocycles. The largest absolute Gasteiger partial charge is 0.235 e. The summed E-state index contributed by atoms with van der Waals surface area (Å²) in [6, 6.07) is 0.283. The van der Waals surface area contributed by atoms with Crippen LogP contribution in [0.25, 0.3) is 0 Å². The molecular formula is C17H29NO. The Kier molecular flexibility index (Phi) is 5.63. The first kappa shape index (κ1) is 14.8. The van der Waals surface area contributed by atoms with Gasteiger partial charge in [-0.1, -0.05) is 26.7 Å². The Balaban J connectivity index is 1.68. The van der Waals surface area contributed by atoms with Gasteiger partial charge in [0.15, 0.2) is 0 Å². The molecule has 0 saturated heterocycles. The van der Waals surface area contributed by atoms with Crippen molar-refractivity contribution in [2.24, 2.45) is 28.7 Å². The average molecular weight is 263 g/mol. The molecule has 0 aromatic carbocycles. The van der Waals surface area contributed by atoms with Crippen LogP contribution in [0.15, 0.2) is 4.99 Å². The second kappa shape index (κ2) is 7.24. The molecular weight excluding hydrogens is 234 g/mol. The molecule has 19 heavy (non-hydrogen) atoms. The fraction of sp³-hybridized carbons (Fsp3) is 0.941. The highest BCUT2D eigenvalue weighted by atomic mass is 16.1. The molecule has 2 heteroatoms. The van der Waals surface area contributed by atoms with Gasteiger partial charge < -0.3 is 0 Å². The van der Waals surface area contributed by atoms with Crippen molar-refractivity contribution in [2.75, 3.05) is 0 Å². The van der Waals surface area contributed by atoms with Gasteiger partial charge in [0.1, 0.15) is 0 Å². The van der Waals surface area contributed by atoms with E-state index in [1.807, 2.05) is 0 Å². The van der Waals surface area contributed by atoms with Crippen molar-refractivity contribution < 1.29 is 4.79 Å². The van der Waals surface area contributed by atoms with E-state index in [0.717, 1.165) is 36.5 Å². The second-order valence-corrected chi connectivity index (χ2v) is 7.16. The van der Waals surface area contributed by atoms with Gasteiger partial charge in [-0.2, -0.15) is 0 Å². The molecule has 0 aromatic rings. The lowest BCUT2D eigenvalue weighted by molar-refractivity contribution is 0.182. The summed E-state index contributed by atoms with van der Waals surface area (Å²) in [5, 5.41) is 0. The van der Waals surface area contributed by atoms with Crippen molar-refractivity contribution in [3.8, 4) is 0 Å².